The number of piperazine rings is 1. The van der Waals surface area contributed by atoms with E-state index >= 15 is 0 Å². The van der Waals surface area contributed by atoms with Crippen molar-refractivity contribution in [2.24, 2.45) is 0 Å². The molecule has 3 aromatic rings. The first-order valence-electron chi connectivity index (χ1n) is 10.7. The average Bonchev–Trinajstić information content (AvgIpc) is 3.27. The molecule has 1 amide bonds. The zero-order valence-corrected chi connectivity index (χ0v) is 17.6. The summed E-state index contributed by atoms with van der Waals surface area (Å²) in [5, 5.41) is 2.27. The van der Waals surface area contributed by atoms with E-state index in [9.17, 15) is 4.79 Å². The molecule has 3 aromatic carbocycles. The van der Waals surface area contributed by atoms with Crippen molar-refractivity contribution in [2.75, 3.05) is 33.0 Å². The molecule has 0 radical (unpaired) electrons. The van der Waals surface area contributed by atoms with Crippen LogP contribution in [-0.4, -0.2) is 54.8 Å². The Balaban J connectivity index is 1.14. The molecule has 0 unspecified atom stereocenters. The van der Waals surface area contributed by atoms with Gasteiger partial charge in [-0.15, -0.1) is 0 Å². The van der Waals surface area contributed by atoms with E-state index in [1.807, 2.05) is 60.4 Å². The van der Waals surface area contributed by atoms with Gasteiger partial charge in [0.1, 0.15) is 5.75 Å². The minimum atomic E-state index is -0.512. The van der Waals surface area contributed by atoms with E-state index in [1.54, 1.807) is 0 Å². The lowest BCUT2D eigenvalue weighted by Gasteiger charge is -2.36. The highest BCUT2D eigenvalue weighted by Crippen LogP contribution is 2.33. The zero-order valence-electron chi connectivity index (χ0n) is 17.6. The summed E-state index contributed by atoms with van der Waals surface area (Å²) in [4.78, 5) is 17.2. The third-order valence-electron chi connectivity index (χ3n) is 5.91. The van der Waals surface area contributed by atoms with Crippen LogP contribution < -0.4 is 14.2 Å². The van der Waals surface area contributed by atoms with Gasteiger partial charge in [0.25, 0.3) is 5.91 Å². The summed E-state index contributed by atoms with van der Waals surface area (Å²) in [6.45, 7) is 6.03. The van der Waals surface area contributed by atoms with Crippen LogP contribution in [0.5, 0.6) is 17.2 Å². The number of ether oxygens (including phenoxy) is 3. The lowest BCUT2D eigenvalue weighted by molar-refractivity contribution is -0.139. The third kappa shape index (κ3) is 4.30. The number of carbonyl (C=O) groups is 1. The number of fused-ring (bicyclic) bond motifs is 2. The van der Waals surface area contributed by atoms with Crippen molar-refractivity contribution in [3.63, 3.8) is 0 Å². The Kier molecular flexibility index (Phi) is 5.38. The van der Waals surface area contributed by atoms with Crippen LogP contribution in [0.3, 0.4) is 0 Å². The van der Waals surface area contributed by atoms with Gasteiger partial charge in [-0.3, -0.25) is 9.69 Å². The quantitative estimate of drug-likeness (QED) is 0.633. The number of rotatable bonds is 5. The minimum Gasteiger partial charge on any atom is -0.481 e. The van der Waals surface area contributed by atoms with Gasteiger partial charge in [0, 0.05) is 32.7 Å². The Morgan fingerprint density at radius 3 is 2.55 bits per heavy atom. The third-order valence-corrected chi connectivity index (χ3v) is 5.91. The number of benzene rings is 3. The topological polar surface area (TPSA) is 51.2 Å². The molecule has 0 aromatic heterocycles. The molecule has 1 fully saturated rings. The van der Waals surface area contributed by atoms with Crippen molar-refractivity contribution in [3.05, 3.63) is 66.2 Å². The Labute approximate surface area is 181 Å². The molecule has 1 saturated heterocycles. The summed E-state index contributed by atoms with van der Waals surface area (Å²) in [6.07, 6.45) is -0.512. The molecule has 0 saturated carbocycles. The maximum absolute atomic E-state index is 12.9. The lowest BCUT2D eigenvalue weighted by atomic mass is 10.1. The second-order valence-electron chi connectivity index (χ2n) is 8.06. The largest absolute Gasteiger partial charge is 0.481 e. The monoisotopic (exact) mass is 418 g/mol. The molecule has 0 N–H and O–H groups in total. The highest BCUT2D eigenvalue weighted by molar-refractivity contribution is 5.84. The van der Waals surface area contributed by atoms with Gasteiger partial charge in [-0.05, 0) is 47.5 Å². The van der Waals surface area contributed by atoms with E-state index in [4.69, 9.17) is 14.2 Å². The first kappa shape index (κ1) is 19.7. The predicted molar refractivity (Wildman–Crippen MR) is 118 cm³/mol. The van der Waals surface area contributed by atoms with Gasteiger partial charge in [0.15, 0.2) is 17.6 Å². The van der Waals surface area contributed by atoms with Crippen molar-refractivity contribution in [2.45, 2.75) is 19.6 Å². The molecule has 1 atom stereocenters. The van der Waals surface area contributed by atoms with E-state index in [0.29, 0.717) is 19.9 Å². The van der Waals surface area contributed by atoms with Gasteiger partial charge in [0.2, 0.25) is 6.79 Å². The summed E-state index contributed by atoms with van der Waals surface area (Å²) in [6, 6.07) is 20.2. The number of amides is 1. The van der Waals surface area contributed by atoms with E-state index in [-0.39, 0.29) is 5.91 Å². The molecule has 0 bridgehead atoms. The van der Waals surface area contributed by atoms with Gasteiger partial charge in [-0.25, -0.2) is 0 Å². The maximum atomic E-state index is 12.9. The number of carbonyl (C=O) groups excluding carboxylic acids is 1. The lowest BCUT2D eigenvalue weighted by Crippen LogP contribution is -2.51. The fourth-order valence-electron chi connectivity index (χ4n) is 4.18. The van der Waals surface area contributed by atoms with Crippen LogP contribution in [0.15, 0.2) is 60.7 Å². The number of hydrogen-bond donors (Lipinski definition) is 0. The van der Waals surface area contributed by atoms with Crippen molar-refractivity contribution in [1.29, 1.82) is 0 Å². The normalized spacial score (nSPS) is 17.0. The van der Waals surface area contributed by atoms with Gasteiger partial charge in [-0.1, -0.05) is 36.4 Å². The van der Waals surface area contributed by atoms with E-state index < -0.39 is 6.10 Å². The summed E-state index contributed by atoms with van der Waals surface area (Å²) >= 11 is 0. The van der Waals surface area contributed by atoms with Crippen LogP contribution >= 0.6 is 0 Å². The highest BCUT2D eigenvalue weighted by Gasteiger charge is 2.26. The number of hydrogen-bond acceptors (Lipinski definition) is 5. The molecular weight excluding hydrogens is 392 g/mol. The average molecular weight is 418 g/mol. The first-order chi connectivity index (χ1) is 15.2. The molecule has 2 aliphatic heterocycles. The summed E-state index contributed by atoms with van der Waals surface area (Å²) in [5.41, 5.74) is 1.19. The van der Waals surface area contributed by atoms with Crippen molar-refractivity contribution < 1.29 is 19.0 Å². The summed E-state index contributed by atoms with van der Waals surface area (Å²) in [5.74, 6) is 2.38. The smallest absolute Gasteiger partial charge is 0.263 e. The molecule has 0 spiro atoms. The molecule has 0 aliphatic carbocycles. The number of nitrogens with zero attached hydrogens (tertiary/aromatic N) is 2. The van der Waals surface area contributed by atoms with Crippen LogP contribution in [0.2, 0.25) is 0 Å². The molecule has 6 heteroatoms. The van der Waals surface area contributed by atoms with E-state index in [2.05, 4.69) is 17.0 Å². The summed E-state index contributed by atoms with van der Waals surface area (Å²) in [7, 11) is 0. The SMILES string of the molecule is C[C@@H](Oc1ccc2ccccc2c1)C(=O)N1CCN(Cc2ccc3c(c2)OCO3)CC1. The van der Waals surface area contributed by atoms with Gasteiger partial charge in [0.05, 0.1) is 0 Å². The van der Waals surface area contributed by atoms with E-state index in [1.165, 1.54) is 5.56 Å². The van der Waals surface area contributed by atoms with Crippen LogP contribution in [0.4, 0.5) is 0 Å². The second-order valence-corrected chi connectivity index (χ2v) is 8.06. The van der Waals surface area contributed by atoms with Gasteiger partial charge >= 0.3 is 0 Å². The molecule has 31 heavy (non-hydrogen) atoms. The second kappa shape index (κ2) is 8.47. The molecule has 160 valence electrons. The molecule has 2 aliphatic rings. The molecular formula is C25H26N2O4. The fourth-order valence-corrected chi connectivity index (χ4v) is 4.18. The van der Waals surface area contributed by atoms with E-state index in [0.717, 1.165) is 47.7 Å². The van der Waals surface area contributed by atoms with Crippen molar-refractivity contribution in [1.82, 2.24) is 9.80 Å². The standard InChI is InChI=1S/C25H26N2O4/c1-18(31-22-8-7-20-4-2-3-5-21(20)15-22)25(28)27-12-10-26(11-13-27)16-19-6-9-23-24(14-19)30-17-29-23/h2-9,14-15,18H,10-13,16-17H2,1H3/t18-/m1/s1. The molecule has 5 rings (SSSR count). The zero-order chi connectivity index (χ0) is 21.2. The van der Waals surface area contributed by atoms with Crippen LogP contribution in [0, 0.1) is 0 Å². The Morgan fingerprint density at radius 2 is 1.71 bits per heavy atom. The first-order valence-corrected chi connectivity index (χ1v) is 10.7. The predicted octanol–water partition coefficient (Wildman–Crippen LogP) is 3.68. The molecule has 2 heterocycles. The maximum Gasteiger partial charge on any atom is 0.263 e. The summed E-state index contributed by atoms with van der Waals surface area (Å²) < 4.78 is 16.8. The molecule has 6 nitrogen and oxygen atoms in total. The van der Waals surface area contributed by atoms with Gasteiger partial charge < -0.3 is 19.1 Å². The minimum absolute atomic E-state index is 0.0379. The van der Waals surface area contributed by atoms with Crippen LogP contribution in [0.25, 0.3) is 10.8 Å². The van der Waals surface area contributed by atoms with Crippen LogP contribution in [0.1, 0.15) is 12.5 Å². The van der Waals surface area contributed by atoms with Crippen LogP contribution in [-0.2, 0) is 11.3 Å². The fraction of sp³-hybridized carbons (Fsp3) is 0.320. The highest BCUT2D eigenvalue weighted by atomic mass is 16.7. The Bertz CT molecular complexity index is 1090. The van der Waals surface area contributed by atoms with Gasteiger partial charge in [-0.2, -0.15) is 0 Å². The Morgan fingerprint density at radius 1 is 0.935 bits per heavy atom. The Hall–Kier alpha value is -3.25. The van der Waals surface area contributed by atoms with Crippen molar-refractivity contribution in [3.8, 4) is 17.2 Å². The van der Waals surface area contributed by atoms with Crippen molar-refractivity contribution >= 4 is 16.7 Å².